The zero-order chi connectivity index (χ0) is 44.1. The SMILES string of the molecule is Cc1cc2c(cc1N1B3c4c(cc5c(oc6ccccc65)c4-c4c1ccc1c4sc4ccccc41)-n1c4ccc(C(C)(C)C)cc4c4cc(C(C)(C)C)cc3c41)C(C)(C)CCC2(C)C. The topological polar surface area (TPSA) is 21.3 Å². The van der Waals surface area contributed by atoms with Crippen LogP contribution in [0.5, 0.6) is 0 Å². The van der Waals surface area contributed by atoms with E-state index in [4.69, 9.17) is 4.42 Å². The summed E-state index contributed by atoms with van der Waals surface area (Å²) in [6.45, 7) is 26.3. The standard InChI is InChI=1S/C59H55BN2OS/c1-32-26-41-42(59(10,11)25-24-58(41,8)9)31-46(32)62-45-23-21-37-36-17-13-15-19-49(36)64-55(37)50(45)51-52-47(30-40-35-16-12-14-18-48(35)63-54(40)51)61-44-22-20-33(56(2,3)4)27-38(44)39-28-34(57(5,6)7)29-43(53(39)61)60(52)62/h12-23,26-31H,24-25H2,1-11H3. The molecular formula is C59H55BN2OS. The second-order valence-corrected chi connectivity index (χ2v) is 23.9. The molecule has 64 heavy (non-hydrogen) atoms. The fourth-order valence-electron chi connectivity index (χ4n) is 12.1. The van der Waals surface area contributed by atoms with Gasteiger partial charge in [0, 0.05) is 69.9 Å². The molecule has 0 bridgehead atoms. The molecule has 0 saturated heterocycles. The maximum Gasteiger partial charge on any atom is 0.333 e. The van der Waals surface area contributed by atoms with Gasteiger partial charge in [0.25, 0.3) is 0 Å². The maximum absolute atomic E-state index is 7.23. The summed E-state index contributed by atoms with van der Waals surface area (Å²) in [5.41, 5.74) is 20.6. The molecule has 3 aliphatic rings. The second kappa shape index (κ2) is 12.3. The summed E-state index contributed by atoms with van der Waals surface area (Å²) in [6, 6.07) is 42.6. The third-order valence-electron chi connectivity index (χ3n) is 15.8. The van der Waals surface area contributed by atoms with Gasteiger partial charge in [0.15, 0.2) is 0 Å². The summed E-state index contributed by atoms with van der Waals surface area (Å²) >= 11 is 1.93. The van der Waals surface area contributed by atoms with Gasteiger partial charge in [-0.1, -0.05) is 130 Å². The molecule has 7 aromatic carbocycles. The number of rotatable bonds is 1. The van der Waals surface area contributed by atoms with Gasteiger partial charge in [0.05, 0.1) is 11.0 Å². The number of hydrogen-bond donors (Lipinski definition) is 0. The highest BCUT2D eigenvalue weighted by atomic mass is 32.1. The van der Waals surface area contributed by atoms with Gasteiger partial charge in [-0.3, -0.25) is 0 Å². The molecule has 0 saturated carbocycles. The van der Waals surface area contributed by atoms with Gasteiger partial charge in [-0.25, -0.2) is 0 Å². The lowest BCUT2D eigenvalue weighted by Crippen LogP contribution is -2.61. The molecule has 10 aromatic rings. The van der Waals surface area contributed by atoms with E-state index in [9.17, 15) is 0 Å². The molecule has 1 aliphatic carbocycles. The third kappa shape index (κ3) is 5.00. The first-order valence-corrected chi connectivity index (χ1v) is 24.2. The van der Waals surface area contributed by atoms with Crippen LogP contribution in [0.4, 0.5) is 11.4 Å². The van der Waals surface area contributed by atoms with Crippen molar-refractivity contribution < 1.29 is 4.42 Å². The fourth-order valence-corrected chi connectivity index (χ4v) is 13.4. The van der Waals surface area contributed by atoms with E-state index in [0.717, 1.165) is 16.6 Å². The predicted molar refractivity (Wildman–Crippen MR) is 277 cm³/mol. The largest absolute Gasteiger partial charge is 0.455 e. The van der Waals surface area contributed by atoms with Crippen LogP contribution in [0, 0.1) is 6.92 Å². The third-order valence-corrected chi connectivity index (χ3v) is 17.0. The highest BCUT2D eigenvalue weighted by Gasteiger charge is 2.48. The monoisotopic (exact) mass is 850 g/mol. The summed E-state index contributed by atoms with van der Waals surface area (Å²) in [4.78, 5) is 2.79. The highest BCUT2D eigenvalue weighted by molar-refractivity contribution is 7.26. The predicted octanol–water partition coefficient (Wildman–Crippen LogP) is 15.5. The number of hydrogen-bond acceptors (Lipinski definition) is 3. The summed E-state index contributed by atoms with van der Waals surface area (Å²) < 4.78 is 12.5. The van der Waals surface area contributed by atoms with Crippen LogP contribution in [-0.2, 0) is 21.7 Å². The summed E-state index contributed by atoms with van der Waals surface area (Å²) in [7, 11) is 0. The average molecular weight is 851 g/mol. The Bertz CT molecular complexity index is 3730. The Hall–Kier alpha value is -5.78. The van der Waals surface area contributed by atoms with Crippen LogP contribution in [0.15, 0.2) is 114 Å². The van der Waals surface area contributed by atoms with Crippen molar-refractivity contribution in [3.63, 3.8) is 0 Å². The zero-order valence-electron chi connectivity index (χ0n) is 39.1. The van der Waals surface area contributed by atoms with E-state index >= 15 is 0 Å². The first-order valence-electron chi connectivity index (χ1n) is 23.4. The first-order chi connectivity index (χ1) is 30.4. The number of furan rings is 1. The van der Waals surface area contributed by atoms with Gasteiger partial charge in [-0.05, 0) is 129 Å². The summed E-state index contributed by atoms with van der Waals surface area (Å²) in [6.07, 6.45) is 2.36. The van der Waals surface area contributed by atoms with Gasteiger partial charge in [-0.2, -0.15) is 0 Å². The van der Waals surface area contributed by atoms with Crippen LogP contribution in [0.25, 0.3) is 80.7 Å². The van der Waals surface area contributed by atoms with Crippen molar-refractivity contribution in [2.75, 3.05) is 4.81 Å². The molecule has 0 fully saturated rings. The van der Waals surface area contributed by atoms with Gasteiger partial charge >= 0.3 is 6.85 Å². The number of aromatic nitrogens is 1. The number of aryl methyl sites for hydroxylation is 1. The van der Waals surface area contributed by atoms with E-state index < -0.39 is 0 Å². The minimum Gasteiger partial charge on any atom is -0.455 e. The van der Waals surface area contributed by atoms with Crippen molar-refractivity contribution in [1.29, 1.82) is 0 Å². The van der Waals surface area contributed by atoms with E-state index in [1.165, 1.54) is 127 Å². The molecular weight excluding hydrogens is 796 g/mol. The Morgan fingerprint density at radius 1 is 0.594 bits per heavy atom. The number of nitrogens with zero attached hydrogens (tertiary/aromatic N) is 2. The number of fused-ring (bicyclic) bond motifs is 16. The fraction of sp³-hybridized carbons (Fsp3) is 0.288. The molecule has 0 spiro atoms. The summed E-state index contributed by atoms with van der Waals surface area (Å²) in [5, 5.41) is 7.61. The summed E-state index contributed by atoms with van der Waals surface area (Å²) in [5.74, 6) is 0. The minimum absolute atomic E-state index is 0.00600. The van der Waals surface area contributed by atoms with E-state index in [-0.39, 0.29) is 28.5 Å². The smallest absolute Gasteiger partial charge is 0.333 e. The molecule has 0 unspecified atom stereocenters. The number of thiophene rings is 1. The van der Waals surface area contributed by atoms with Crippen LogP contribution < -0.4 is 15.7 Å². The van der Waals surface area contributed by atoms with Gasteiger partial charge in [-0.15, -0.1) is 11.3 Å². The van der Waals surface area contributed by atoms with Crippen LogP contribution in [-0.4, -0.2) is 11.4 Å². The lowest BCUT2D eigenvalue weighted by Gasteiger charge is -2.46. The molecule has 0 radical (unpaired) electrons. The molecule has 0 atom stereocenters. The van der Waals surface area contributed by atoms with Crippen molar-refractivity contribution >= 4 is 104 Å². The van der Waals surface area contributed by atoms with E-state index in [0.29, 0.717) is 0 Å². The number of anilines is 2. The van der Waals surface area contributed by atoms with Crippen molar-refractivity contribution in [2.45, 2.75) is 111 Å². The highest BCUT2D eigenvalue weighted by Crippen LogP contribution is 2.55. The Kier molecular flexibility index (Phi) is 7.44. The van der Waals surface area contributed by atoms with Crippen molar-refractivity contribution in [1.82, 2.24) is 4.57 Å². The molecule has 3 nitrogen and oxygen atoms in total. The Morgan fingerprint density at radius 2 is 1.28 bits per heavy atom. The second-order valence-electron chi connectivity index (χ2n) is 22.8. The molecule has 316 valence electrons. The van der Waals surface area contributed by atoms with Crippen molar-refractivity contribution in [3.8, 4) is 16.8 Å². The van der Waals surface area contributed by atoms with E-state index in [2.05, 4.69) is 195 Å². The molecule has 5 heterocycles. The molecule has 0 N–H and O–H groups in total. The quantitative estimate of drug-likeness (QED) is 0.153. The normalized spacial score (nSPS) is 16.4. The first kappa shape index (κ1) is 38.7. The lowest BCUT2D eigenvalue weighted by atomic mass is 9.43. The Morgan fingerprint density at radius 3 is 2.03 bits per heavy atom. The minimum atomic E-state index is -0.123. The Labute approximate surface area is 380 Å². The molecule has 0 amide bonds. The molecule has 13 rings (SSSR count). The van der Waals surface area contributed by atoms with Crippen molar-refractivity contribution in [3.05, 3.63) is 137 Å². The molecule has 5 heteroatoms. The van der Waals surface area contributed by atoms with Crippen LogP contribution in [0.2, 0.25) is 0 Å². The van der Waals surface area contributed by atoms with Crippen molar-refractivity contribution in [2.24, 2.45) is 0 Å². The van der Waals surface area contributed by atoms with E-state index in [1.54, 1.807) is 0 Å². The van der Waals surface area contributed by atoms with Crippen LogP contribution >= 0.6 is 11.3 Å². The zero-order valence-corrected chi connectivity index (χ0v) is 39.9. The van der Waals surface area contributed by atoms with Gasteiger partial charge in [0.1, 0.15) is 11.2 Å². The van der Waals surface area contributed by atoms with Gasteiger partial charge in [0.2, 0.25) is 0 Å². The Balaban J connectivity index is 1.27. The van der Waals surface area contributed by atoms with Crippen LogP contribution in [0.3, 0.4) is 0 Å². The number of para-hydroxylation sites is 1. The maximum atomic E-state index is 7.23. The van der Waals surface area contributed by atoms with Crippen LogP contribution in [0.1, 0.15) is 110 Å². The number of benzene rings is 7. The average Bonchev–Trinajstić information content (AvgIpc) is 3.93. The molecule has 2 aliphatic heterocycles. The van der Waals surface area contributed by atoms with Gasteiger partial charge < -0.3 is 13.8 Å². The van der Waals surface area contributed by atoms with E-state index in [1.807, 2.05) is 11.3 Å². The molecule has 3 aromatic heterocycles. The lowest BCUT2D eigenvalue weighted by molar-refractivity contribution is 0.332.